The van der Waals surface area contributed by atoms with Gasteiger partial charge in [0.2, 0.25) is 0 Å². The summed E-state index contributed by atoms with van der Waals surface area (Å²) in [7, 11) is 0. The Labute approximate surface area is 146 Å². The molecule has 2 fully saturated rings. The monoisotopic (exact) mass is 356 g/mol. The van der Waals surface area contributed by atoms with Crippen LogP contribution in [0.1, 0.15) is 60.8 Å². The first-order chi connectivity index (χ1) is 11.2. The van der Waals surface area contributed by atoms with Gasteiger partial charge in [-0.3, -0.25) is 19.2 Å². The van der Waals surface area contributed by atoms with Crippen molar-refractivity contribution in [2.45, 2.75) is 72.4 Å². The Morgan fingerprint density at radius 2 is 0.800 bits per heavy atom. The highest BCUT2D eigenvalue weighted by atomic mass is 16.8. The molecule has 0 aromatic carbocycles. The van der Waals surface area contributed by atoms with Gasteiger partial charge in [0, 0.05) is 27.7 Å². The fraction of sp³-hybridized carbons (Fsp3) is 0.765. The average molecular weight is 356 g/mol. The lowest BCUT2D eigenvalue weighted by atomic mass is 9.78. The lowest BCUT2D eigenvalue weighted by Crippen LogP contribution is -2.53. The van der Waals surface area contributed by atoms with E-state index in [1.54, 1.807) is 0 Å². The summed E-state index contributed by atoms with van der Waals surface area (Å²) in [6, 6.07) is 0. The van der Waals surface area contributed by atoms with E-state index in [1.165, 1.54) is 41.5 Å². The van der Waals surface area contributed by atoms with E-state index >= 15 is 0 Å². The molecular weight excluding hydrogens is 332 g/mol. The second-order valence-electron chi connectivity index (χ2n) is 7.88. The third-order valence-electron chi connectivity index (χ3n) is 4.51. The Morgan fingerprint density at radius 1 is 0.560 bits per heavy atom. The number of carbonyl (C=O) groups is 4. The van der Waals surface area contributed by atoms with Crippen LogP contribution in [0, 0.1) is 10.8 Å². The first kappa shape index (κ1) is 19.2. The van der Waals surface area contributed by atoms with Crippen molar-refractivity contribution in [3.05, 3.63) is 0 Å². The number of hydrogen-bond donors (Lipinski definition) is 0. The summed E-state index contributed by atoms with van der Waals surface area (Å²) in [6.45, 7) is 8.74. The zero-order valence-electron chi connectivity index (χ0n) is 15.4. The molecule has 2 aliphatic heterocycles. The van der Waals surface area contributed by atoms with E-state index in [1.807, 2.05) is 0 Å². The topological polar surface area (TPSA) is 105 Å². The van der Waals surface area contributed by atoms with Crippen molar-refractivity contribution >= 4 is 23.9 Å². The molecule has 8 heteroatoms. The molecule has 2 saturated heterocycles. The summed E-state index contributed by atoms with van der Waals surface area (Å²) in [5.41, 5.74) is -2.96. The van der Waals surface area contributed by atoms with Crippen molar-refractivity contribution in [2.24, 2.45) is 10.8 Å². The van der Waals surface area contributed by atoms with Gasteiger partial charge in [0.25, 0.3) is 11.6 Å². The molecule has 8 nitrogen and oxygen atoms in total. The van der Waals surface area contributed by atoms with Crippen molar-refractivity contribution in [1.82, 2.24) is 0 Å². The van der Waals surface area contributed by atoms with E-state index in [4.69, 9.17) is 18.9 Å². The molecule has 0 atom stereocenters. The maximum atomic E-state index is 12.2. The summed E-state index contributed by atoms with van der Waals surface area (Å²) in [5, 5.41) is 0. The minimum Gasteiger partial charge on any atom is -0.422 e. The van der Waals surface area contributed by atoms with Crippen molar-refractivity contribution in [2.75, 3.05) is 0 Å². The molecule has 140 valence electrons. The molecule has 2 aliphatic rings. The Balaban J connectivity index is 2.05. The van der Waals surface area contributed by atoms with Gasteiger partial charge in [-0.15, -0.1) is 0 Å². The van der Waals surface area contributed by atoms with Gasteiger partial charge < -0.3 is 18.9 Å². The molecule has 0 amide bonds. The molecular formula is C17H24O8. The van der Waals surface area contributed by atoms with E-state index in [-0.39, 0.29) is 19.3 Å². The Kier molecular flexibility index (Phi) is 4.39. The lowest BCUT2D eigenvalue weighted by molar-refractivity contribution is -0.250. The summed E-state index contributed by atoms with van der Waals surface area (Å²) >= 11 is 0. The molecule has 0 bridgehead atoms. The molecule has 0 N–H and O–H groups in total. The molecule has 0 aliphatic carbocycles. The predicted octanol–water partition coefficient (Wildman–Crippen LogP) is 1.84. The van der Waals surface area contributed by atoms with Crippen LogP contribution in [-0.2, 0) is 38.1 Å². The van der Waals surface area contributed by atoms with E-state index in [0.29, 0.717) is 0 Å². The van der Waals surface area contributed by atoms with Gasteiger partial charge in [-0.05, 0) is 33.1 Å². The molecule has 2 heterocycles. The van der Waals surface area contributed by atoms with Crippen LogP contribution in [0.3, 0.4) is 0 Å². The quantitative estimate of drug-likeness (QED) is 0.555. The largest absolute Gasteiger partial charge is 0.422 e. The molecule has 0 aromatic heterocycles. The number of hydrogen-bond acceptors (Lipinski definition) is 8. The van der Waals surface area contributed by atoms with Gasteiger partial charge in [-0.25, -0.2) is 0 Å². The fourth-order valence-electron chi connectivity index (χ4n) is 2.76. The minimum atomic E-state index is -1.48. The molecule has 0 spiro atoms. The number of rotatable bonds is 4. The summed E-state index contributed by atoms with van der Waals surface area (Å²) in [5.74, 6) is -5.35. The van der Waals surface area contributed by atoms with Crippen molar-refractivity contribution in [1.29, 1.82) is 0 Å². The van der Waals surface area contributed by atoms with E-state index in [2.05, 4.69) is 0 Å². The summed E-state index contributed by atoms with van der Waals surface area (Å²) < 4.78 is 20.5. The van der Waals surface area contributed by atoms with Gasteiger partial charge in [0.15, 0.2) is 10.8 Å². The minimum absolute atomic E-state index is 0.0697. The van der Waals surface area contributed by atoms with E-state index < -0.39 is 46.3 Å². The Morgan fingerprint density at radius 3 is 1.04 bits per heavy atom. The maximum absolute atomic E-state index is 12.2. The van der Waals surface area contributed by atoms with Crippen LogP contribution in [-0.4, -0.2) is 35.5 Å². The van der Waals surface area contributed by atoms with Crippen molar-refractivity contribution in [3.8, 4) is 0 Å². The summed E-state index contributed by atoms with van der Waals surface area (Å²) in [6.07, 6.45) is 0.364. The zero-order chi connectivity index (χ0) is 19.3. The third-order valence-corrected chi connectivity index (χ3v) is 4.51. The van der Waals surface area contributed by atoms with Crippen LogP contribution in [0.4, 0.5) is 0 Å². The van der Waals surface area contributed by atoms with Gasteiger partial charge >= 0.3 is 23.9 Å². The number of ether oxygens (including phenoxy) is 4. The first-order valence-corrected chi connectivity index (χ1v) is 8.16. The molecule has 0 aromatic rings. The Hall–Kier alpha value is -2.12. The number of esters is 4. The smallest absolute Gasteiger partial charge is 0.326 e. The second kappa shape index (κ2) is 5.71. The molecule has 2 rings (SSSR count). The molecule has 25 heavy (non-hydrogen) atoms. The van der Waals surface area contributed by atoms with E-state index in [9.17, 15) is 19.2 Å². The highest BCUT2D eigenvalue weighted by molar-refractivity contribution is 6.02. The highest BCUT2D eigenvalue weighted by Gasteiger charge is 2.55. The number of carbonyl (C=O) groups excluding carboxylic acids is 4. The van der Waals surface area contributed by atoms with Crippen LogP contribution in [0.15, 0.2) is 0 Å². The molecule has 0 unspecified atom stereocenters. The zero-order valence-corrected chi connectivity index (χ0v) is 15.4. The van der Waals surface area contributed by atoms with Crippen molar-refractivity contribution < 1.29 is 38.1 Å². The van der Waals surface area contributed by atoms with Gasteiger partial charge in [-0.1, -0.05) is 0 Å². The van der Waals surface area contributed by atoms with Crippen molar-refractivity contribution in [3.63, 3.8) is 0 Å². The third kappa shape index (κ3) is 3.48. The maximum Gasteiger partial charge on any atom is 0.326 e. The van der Waals surface area contributed by atoms with Crippen LogP contribution in [0.25, 0.3) is 0 Å². The van der Waals surface area contributed by atoms with Gasteiger partial charge in [0.05, 0.1) is 0 Å². The standard InChI is InChI=1S/C17H24O8/c1-14(2)22-10(18)16(5,11(19)23-14)8-7-9-17(6)12(20)24-15(3,4)25-13(17)21/h7-9H2,1-6H3. The van der Waals surface area contributed by atoms with Crippen LogP contribution >= 0.6 is 0 Å². The fourth-order valence-corrected chi connectivity index (χ4v) is 2.76. The molecule has 0 saturated carbocycles. The summed E-state index contributed by atoms with van der Waals surface area (Å²) in [4.78, 5) is 48.8. The van der Waals surface area contributed by atoms with Gasteiger partial charge in [-0.2, -0.15) is 0 Å². The van der Waals surface area contributed by atoms with Gasteiger partial charge in [0.1, 0.15) is 0 Å². The molecule has 0 radical (unpaired) electrons. The SMILES string of the molecule is CC1(C)OC(=O)C(C)(CCCC2(C)C(=O)OC(C)(C)OC2=O)C(=O)O1. The van der Waals surface area contributed by atoms with E-state index in [0.717, 1.165) is 0 Å². The second-order valence-corrected chi connectivity index (χ2v) is 7.88. The average Bonchev–Trinajstić information content (AvgIpc) is 2.41. The van der Waals surface area contributed by atoms with Crippen LogP contribution < -0.4 is 0 Å². The normalized spacial score (nSPS) is 26.2. The predicted molar refractivity (Wildman–Crippen MR) is 82.6 cm³/mol. The number of cyclic esters (lactones) is 4. The highest BCUT2D eigenvalue weighted by Crippen LogP contribution is 2.40. The van der Waals surface area contributed by atoms with Crippen LogP contribution in [0.5, 0.6) is 0 Å². The Bertz CT molecular complexity index is 537. The van der Waals surface area contributed by atoms with Crippen LogP contribution in [0.2, 0.25) is 0 Å². The first-order valence-electron chi connectivity index (χ1n) is 8.16. The lowest BCUT2D eigenvalue weighted by Gasteiger charge is -2.40.